The Hall–Kier alpha value is -2.57. The highest BCUT2D eigenvalue weighted by Gasteiger charge is 2.19. The molecule has 0 aliphatic heterocycles. The molecule has 0 atom stereocenters. The predicted octanol–water partition coefficient (Wildman–Crippen LogP) is 1.40. The van der Waals surface area contributed by atoms with Gasteiger partial charge in [-0.2, -0.15) is 5.10 Å². The quantitative estimate of drug-likeness (QED) is 0.719. The fourth-order valence-corrected chi connectivity index (χ4v) is 1.84. The molecule has 2 heterocycles. The highest BCUT2D eigenvalue weighted by Crippen LogP contribution is 2.20. The van der Waals surface area contributed by atoms with Crippen LogP contribution >= 0.6 is 0 Å². The third-order valence-corrected chi connectivity index (χ3v) is 2.74. The van der Waals surface area contributed by atoms with Crippen molar-refractivity contribution >= 4 is 17.6 Å². The molecule has 2 aromatic heterocycles. The maximum atomic E-state index is 11.9. The summed E-state index contributed by atoms with van der Waals surface area (Å²) >= 11 is 0. The summed E-state index contributed by atoms with van der Waals surface area (Å²) in [7, 11) is 0. The fraction of sp³-hybridized carbons (Fsp3) is 0.308. The number of aromatic nitrogens is 3. The number of aryl methyl sites for hydroxylation is 1. The summed E-state index contributed by atoms with van der Waals surface area (Å²) in [4.78, 5) is 26.6. The van der Waals surface area contributed by atoms with E-state index in [0.29, 0.717) is 22.6 Å². The monoisotopic (exact) mass is 276 g/mol. The van der Waals surface area contributed by atoms with Gasteiger partial charge in [0.15, 0.2) is 0 Å². The molecule has 2 aromatic rings. The van der Waals surface area contributed by atoms with Gasteiger partial charge in [0.25, 0.3) is 0 Å². The number of hydrogen-bond acceptors (Lipinski definition) is 4. The second kappa shape index (κ2) is 6.05. The average Bonchev–Trinajstić information content (AvgIpc) is 3.00. The summed E-state index contributed by atoms with van der Waals surface area (Å²) in [5, 5.41) is 9.17. The first-order chi connectivity index (χ1) is 9.61. The Morgan fingerprint density at radius 2 is 2.25 bits per heavy atom. The maximum Gasteiger partial charge on any atom is 0.342 e. The summed E-state index contributed by atoms with van der Waals surface area (Å²) in [5.74, 6) is -0.693. The minimum Gasteiger partial charge on any atom is -0.462 e. The first kappa shape index (κ1) is 13.9. The molecule has 20 heavy (non-hydrogen) atoms. The third-order valence-electron chi connectivity index (χ3n) is 2.74. The predicted molar refractivity (Wildman–Crippen MR) is 72.4 cm³/mol. The zero-order valence-electron chi connectivity index (χ0n) is 11.3. The van der Waals surface area contributed by atoms with Crippen LogP contribution in [-0.4, -0.2) is 33.7 Å². The summed E-state index contributed by atoms with van der Waals surface area (Å²) in [5.41, 5.74) is 2.13. The van der Waals surface area contributed by atoms with Crippen molar-refractivity contribution in [1.29, 1.82) is 0 Å². The van der Waals surface area contributed by atoms with E-state index in [2.05, 4.69) is 20.5 Å². The molecule has 0 bridgehead atoms. The van der Waals surface area contributed by atoms with E-state index in [1.807, 2.05) is 0 Å². The summed E-state index contributed by atoms with van der Waals surface area (Å²) in [6.45, 7) is 3.76. The molecule has 0 aliphatic carbocycles. The van der Waals surface area contributed by atoms with Crippen molar-refractivity contribution in [2.24, 2.45) is 0 Å². The zero-order valence-corrected chi connectivity index (χ0v) is 11.3. The Kier molecular flexibility index (Phi) is 4.19. The molecule has 0 radical (unpaired) electrons. The Balaban J connectivity index is 2.09. The highest BCUT2D eigenvalue weighted by atomic mass is 16.5. The lowest BCUT2D eigenvalue weighted by atomic mass is 10.2. The molecule has 0 aliphatic rings. The van der Waals surface area contributed by atoms with Crippen LogP contribution < -0.4 is 5.32 Å². The molecule has 0 saturated heterocycles. The van der Waals surface area contributed by atoms with Crippen LogP contribution in [0.1, 0.15) is 28.7 Å². The third kappa shape index (κ3) is 3.05. The number of nitrogens with one attached hydrogen (secondary N) is 3. The number of carbonyl (C=O) groups excluding carboxylic acids is 2. The molecule has 7 heteroatoms. The molecule has 7 nitrogen and oxygen atoms in total. The zero-order chi connectivity index (χ0) is 14.5. The van der Waals surface area contributed by atoms with E-state index < -0.39 is 5.97 Å². The Labute approximate surface area is 115 Å². The van der Waals surface area contributed by atoms with Gasteiger partial charge in [0, 0.05) is 23.8 Å². The fourth-order valence-electron chi connectivity index (χ4n) is 1.84. The van der Waals surface area contributed by atoms with Crippen LogP contribution in [0.5, 0.6) is 0 Å². The maximum absolute atomic E-state index is 11.9. The summed E-state index contributed by atoms with van der Waals surface area (Å²) in [6.07, 6.45) is 3.31. The number of esters is 1. The van der Waals surface area contributed by atoms with Crippen LogP contribution in [0.4, 0.5) is 5.69 Å². The van der Waals surface area contributed by atoms with E-state index >= 15 is 0 Å². The lowest BCUT2D eigenvalue weighted by Crippen LogP contribution is -2.17. The van der Waals surface area contributed by atoms with Gasteiger partial charge in [-0.3, -0.25) is 9.89 Å². The van der Waals surface area contributed by atoms with Crippen molar-refractivity contribution in [3.8, 4) is 0 Å². The van der Waals surface area contributed by atoms with Gasteiger partial charge in [-0.1, -0.05) is 0 Å². The molecule has 0 fully saturated rings. The van der Waals surface area contributed by atoms with Crippen LogP contribution in [0.15, 0.2) is 18.5 Å². The Bertz CT molecular complexity index is 601. The normalized spacial score (nSPS) is 10.3. The van der Waals surface area contributed by atoms with Crippen molar-refractivity contribution in [3.63, 3.8) is 0 Å². The van der Waals surface area contributed by atoms with Crippen LogP contribution in [-0.2, 0) is 16.0 Å². The topological polar surface area (TPSA) is 99.9 Å². The molecule has 1 amide bonds. The Morgan fingerprint density at radius 3 is 2.90 bits per heavy atom. The van der Waals surface area contributed by atoms with E-state index in [9.17, 15) is 9.59 Å². The molecule has 0 saturated carbocycles. The molecular formula is C13H16N4O3. The van der Waals surface area contributed by atoms with Crippen molar-refractivity contribution in [2.75, 3.05) is 11.9 Å². The second-order valence-corrected chi connectivity index (χ2v) is 4.23. The number of H-pyrrole nitrogens is 2. The van der Waals surface area contributed by atoms with E-state index in [0.717, 1.165) is 0 Å². The van der Waals surface area contributed by atoms with Gasteiger partial charge in [0.2, 0.25) is 5.91 Å². The number of hydrogen-bond donors (Lipinski definition) is 3. The number of anilines is 1. The number of ether oxygens (including phenoxy) is 1. The minimum absolute atomic E-state index is 0.159. The van der Waals surface area contributed by atoms with E-state index in [-0.39, 0.29) is 18.9 Å². The summed E-state index contributed by atoms with van der Waals surface area (Å²) < 4.78 is 4.97. The largest absolute Gasteiger partial charge is 0.462 e. The summed E-state index contributed by atoms with van der Waals surface area (Å²) in [6, 6.07) is 1.72. The molecule has 0 unspecified atom stereocenters. The molecule has 3 N–H and O–H groups in total. The highest BCUT2D eigenvalue weighted by molar-refractivity contribution is 6.02. The van der Waals surface area contributed by atoms with Crippen LogP contribution in [0.2, 0.25) is 0 Å². The van der Waals surface area contributed by atoms with Gasteiger partial charge in [0.05, 0.1) is 18.7 Å². The molecular weight excluding hydrogens is 260 g/mol. The van der Waals surface area contributed by atoms with Crippen molar-refractivity contribution < 1.29 is 14.3 Å². The van der Waals surface area contributed by atoms with E-state index in [1.165, 1.54) is 0 Å². The van der Waals surface area contributed by atoms with Gasteiger partial charge < -0.3 is 15.0 Å². The number of amides is 1. The molecule has 2 rings (SSSR count). The number of rotatable bonds is 5. The van der Waals surface area contributed by atoms with Crippen LogP contribution in [0.25, 0.3) is 0 Å². The van der Waals surface area contributed by atoms with E-state index in [1.54, 1.807) is 32.3 Å². The van der Waals surface area contributed by atoms with Gasteiger partial charge in [-0.25, -0.2) is 4.79 Å². The van der Waals surface area contributed by atoms with Crippen LogP contribution in [0, 0.1) is 6.92 Å². The second-order valence-electron chi connectivity index (χ2n) is 4.23. The van der Waals surface area contributed by atoms with Gasteiger partial charge >= 0.3 is 5.97 Å². The van der Waals surface area contributed by atoms with E-state index in [4.69, 9.17) is 4.74 Å². The van der Waals surface area contributed by atoms with Gasteiger partial charge in [-0.15, -0.1) is 0 Å². The number of carbonyl (C=O) groups is 2. The Morgan fingerprint density at radius 1 is 1.45 bits per heavy atom. The van der Waals surface area contributed by atoms with Crippen molar-refractivity contribution in [3.05, 3.63) is 35.4 Å². The molecule has 0 spiro atoms. The van der Waals surface area contributed by atoms with Crippen molar-refractivity contribution in [2.45, 2.75) is 20.3 Å². The minimum atomic E-state index is -0.455. The van der Waals surface area contributed by atoms with Crippen LogP contribution in [0.3, 0.4) is 0 Å². The molecule has 0 aromatic carbocycles. The number of nitrogens with zero attached hydrogens (tertiary/aromatic N) is 1. The average molecular weight is 276 g/mol. The van der Waals surface area contributed by atoms with Gasteiger partial charge in [-0.05, 0) is 19.9 Å². The van der Waals surface area contributed by atoms with Gasteiger partial charge in [0.1, 0.15) is 5.56 Å². The SMILES string of the molecule is CCOC(=O)c1c(NC(=O)Cc2ccn[nH]2)c[nH]c1C. The lowest BCUT2D eigenvalue weighted by Gasteiger charge is -2.06. The standard InChI is InChI=1S/C13H16N4O3/c1-3-20-13(19)12-8(2)14-7-10(12)16-11(18)6-9-4-5-15-17-9/h4-5,7,14H,3,6H2,1-2H3,(H,15,17)(H,16,18). The first-order valence-electron chi connectivity index (χ1n) is 6.25. The first-order valence-corrected chi connectivity index (χ1v) is 6.25. The number of aromatic amines is 2. The molecule has 106 valence electrons. The van der Waals surface area contributed by atoms with Crippen molar-refractivity contribution in [1.82, 2.24) is 15.2 Å². The lowest BCUT2D eigenvalue weighted by molar-refractivity contribution is -0.115. The smallest absolute Gasteiger partial charge is 0.342 e.